The van der Waals surface area contributed by atoms with Gasteiger partial charge in [0.15, 0.2) is 0 Å². The molecule has 2 aliphatic carbocycles. The van der Waals surface area contributed by atoms with Gasteiger partial charge in [0, 0.05) is 19.2 Å². The zero-order valence-corrected chi connectivity index (χ0v) is 11.8. The zero-order valence-electron chi connectivity index (χ0n) is 11.8. The highest BCUT2D eigenvalue weighted by Gasteiger charge is 2.31. The van der Waals surface area contributed by atoms with Crippen molar-refractivity contribution in [1.82, 2.24) is 0 Å². The monoisotopic (exact) mass is 275 g/mol. The van der Waals surface area contributed by atoms with Crippen molar-refractivity contribution in [2.45, 2.75) is 25.7 Å². The Morgan fingerprint density at radius 1 is 1.25 bits per heavy atom. The topological polar surface area (TPSA) is 49.8 Å². The van der Waals surface area contributed by atoms with Crippen molar-refractivity contribution in [2.75, 3.05) is 25.1 Å². The van der Waals surface area contributed by atoms with Gasteiger partial charge in [0.05, 0.1) is 18.4 Å². The Hall–Kier alpha value is -1.71. The predicted octanol–water partition coefficient (Wildman–Crippen LogP) is 3.02. The van der Waals surface area contributed by atoms with Gasteiger partial charge < -0.3 is 14.7 Å². The number of benzene rings is 1. The van der Waals surface area contributed by atoms with Crippen LogP contribution in [0, 0.1) is 11.8 Å². The summed E-state index contributed by atoms with van der Waals surface area (Å²) in [5.74, 6) is 1.34. The lowest BCUT2D eigenvalue weighted by atomic mass is 10.1. The van der Waals surface area contributed by atoms with E-state index in [0.29, 0.717) is 5.56 Å². The van der Waals surface area contributed by atoms with Crippen LogP contribution in [-0.2, 0) is 0 Å². The van der Waals surface area contributed by atoms with Crippen LogP contribution < -0.4 is 9.64 Å². The summed E-state index contributed by atoms with van der Waals surface area (Å²) >= 11 is 0. The number of aromatic carboxylic acids is 1. The second kappa shape index (κ2) is 5.35. The SMILES string of the molecule is COc1ccc(C(=O)O)c(N(CC2CC2)CC2CC2)c1. The number of methoxy groups -OCH3 is 1. The Bertz CT molecular complexity index is 492. The van der Waals surface area contributed by atoms with Crippen LogP contribution in [0.2, 0.25) is 0 Å². The number of carbonyl (C=O) groups is 1. The number of hydrogen-bond donors (Lipinski definition) is 1. The van der Waals surface area contributed by atoms with Gasteiger partial charge >= 0.3 is 5.97 Å². The molecule has 3 rings (SSSR count). The molecule has 2 saturated carbocycles. The third-order valence-corrected chi connectivity index (χ3v) is 4.13. The van der Waals surface area contributed by atoms with Gasteiger partial charge in [0.25, 0.3) is 0 Å². The van der Waals surface area contributed by atoms with E-state index in [9.17, 15) is 9.90 Å². The van der Waals surface area contributed by atoms with Gasteiger partial charge in [-0.3, -0.25) is 0 Å². The molecular weight excluding hydrogens is 254 g/mol. The molecule has 4 heteroatoms. The molecule has 0 bridgehead atoms. The molecule has 4 nitrogen and oxygen atoms in total. The van der Waals surface area contributed by atoms with E-state index in [0.717, 1.165) is 36.4 Å². The van der Waals surface area contributed by atoms with E-state index in [2.05, 4.69) is 4.90 Å². The Morgan fingerprint density at radius 2 is 1.85 bits per heavy atom. The quantitative estimate of drug-likeness (QED) is 0.831. The normalized spacial score (nSPS) is 17.9. The Kier molecular flexibility index (Phi) is 3.55. The van der Waals surface area contributed by atoms with E-state index in [4.69, 9.17) is 4.74 Å². The van der Waals surface area contributed by atoms with Gasteiger partial charge in [-0.05, 0) is 49.7 Å². The molecule has 0 aromatic heterocycles. The van der Waals surface area contributed by atoms with Crippen molar-refractivity contribution in [1.29, 1.82) is 0 Å². The van der Waals surface area contributed by atoms with Crippen LogP contribution in [0.5, 0.6) is 5.75 Å². The minimum Gasteiger partial charge on any atom is -0.497 e. The molecule has 0 amide bonds. The minimum absolute atomic E-state index is 0.382. The Labute approximate surface area is 119 Å². The number of nitrogens with zero attached hydrogens (tertiary/aromatic N) is 1. The second-order valence-electron chi connectivity index (χ2n) is 5.98. The molecule has 0 heterocycles. The summed E-state index contributed by atoms with van der Waals surface area (Å²) in [5, 5.41) is 9.41. The number of carboxylic acid groups (broad SMARTS) is 1. The van der Waals surface area contributed by atoms with Crippen LogP contribution >= 0.6 is 0 Å². The summed E-state index contributed by atoms with van der Waals surface area (Å²) in [4.78, 5) is 13.7. The van der Waals surface area contributed by atoms with E-state index in [-0.39, 0.29) is 0 Å². The first kappa shape index (κ1) is 13.3. The lowest BCUT2D eigenvalue weighted by Crippen LogP contribution is -2.29. The first-order chi connectivity index (χ1) is 9.67. The fourth-order valence-electron chi connectivity index (χ4n) is 2.58. The Morgan fingerprint density at radius 3 is 2.30 bits per heavy atom. The highest BCUT2D eigenvalue weighted by Crippen LogP contribution is 2.37. The molecule has 0 unspecified atom stereocenters. The maximum absolute atomic E-state index is 11.5. The van der Waals surface area contributed by atoms with Crippen LogP contribution in [0.25, 0.3) is 0 Å². The van der Waals surface area contributed by atoms with Crippen molar-refractivity contribution in [3.63, 3.8) is 0 Å². The molecule has 2 aliphatic rings. The fraction of sp³-hybridized carbons (Fsp3) is 0.562. The van der Waals surface area contributed by atoms with Gasteiger partial charge in [-0.2, -0.15) is 0 Å². The smallest absolute Gasteiger partial charge is 0.337 e. The molecule has 0 spiro atoms. The molecule has 0 saturated heterocycles. The first-order valence-corrected chi connectivity index (χ1v) is 7.33. The third-order valence-electron chi connectivity index (χ3n) is 4.13. The lowest BCUT2D eigenvalue weighted by Gasteiger charge is -2.26. The number of rotatable bonds is 7. The van der Waals surface area contributed by atoms with Gasteiger partial charge in [-0.25, -0.2) is 4.79 Å². The Balaban J connectivity index is 1.90. The van der Waals surface area contributed by atoms with Gasteiger partial charge in [-0.1, -0.05) is 0 Å². The average Bonchev–Trinajstić information content (AvgIpc) is 3.32. The summed E-state index contributed by atoms with van der Waals surface area (Å²) in [6, 6.07) is 5.25. The average molecular weight is 275 g/mol. The lowest BCUT2D eigenvalue weighted by molar-refractivity contribution is 0.0697. The van der Waals surface area contributed by atoms with Crippen molar-refractivity contribution in [2.24, 2.45) is 11.8 Å². The molecule has 1 aromatic carbocycles. The molecule has 2 fully saturated rings. The number of hydrogen-bond acceptors (Lipinski definition) is 3. The molecule has 20 heavy (non-hydrogen) atoms. The molecular formula is C16H21NO3. The van der Waals surface area contributed by atoms with Gasteiger partial charge in [-0.15, -0.1) is 0 Å². The van der Waals surface area contributed by atoms with Crippen LogP contribution in [-0.4, -0.2) is 31.3 Å². The highest BCUT2D eigenvalue weighted by molar-refractivity contribution is 5.95. The number of carboxylic acids is 1. The van der Waals surface area contributed by atoms with Crippen LogP contribution in [0.4, 0.5) is 5.69 Å². The van der Waals surface area contributed by atoms with Crippen molar-refractivity contribution in [3.05, 3.63) is 23.8 Å². The summed E-state index contributed by atoms with van der Waals surface area (Å²) in [6.45, 7) is 1.95. The minimum atomic E-state index is -0.862. The van der Waals surface area contributed by atoms with Crippen LogP contribution in [0.15, 0.2) is 18.2 Å². The van der Waals surface area contributed by atoms with E-state index in [1.54, 1.807) is 19.2 Å². The fourth-order valence-corrected chi connectivity index (χ4v) is 2.58. The molecule has 1 N–H and O–H groups in total. The number of anilines is 1. The predicted molar refractivity (Wildman–Crippen MR) is 77.6 cm³/mol. The van der Waals surface area contributed by atoms with Gasteiger partial charge in [0.2, 0.25) is 0 Å². The molecule has 0 radical (unpaired) electrons. The zero-order chi connectivity index (χ0) is 14.1. The maximum Gasteiger partial charge on any atom is 0.337 e. The van der Waals surface area contributed by atoms with Crippen molar-refractivity contribution >= 4 is 11.7 Å². The molecule has 0 aliphatic heterocycles. The maximum atomic E-state index is 11.5. The van der Waals surface area contributed by atoms with Crippen molar-refractivity contribution < 1.29 is 14.6 Å². The van der Waals surface area contributed by atoms with E-state index >= 15 is 0 Å². The molecule has 1 aromatic rings. The molecule has 108 valence electrons. The summed E-state index contributed by atoms with van der Waals surface area (Å²) in [5.41, 5.74) is 1.20. The second-order valence-corrected chi connectivity index (χ2v) is 5.98. The van der Waals surface area contributed by atoms with Crippen molar-refractivity contribution in [3.8, 4) is 5.75 Å². The van der Waals surface area contributed by atoms with Crippen LogP contribution in [0.3, 0.4) is 0 Å². The standard InChI is InChI=1S/C16H21NO3/c1-20-13-6-7-14(16(18)19)15(8-13)17(9-11-2-3-11)10-12-4-5-12/h6-8,11-12H,2-5,9-10H2,1H3,(H,18,19). The summed E-state index contributed by atoms with van der Waals surface area (Å²) in [7, 11) is 1.62. The van der Waals surface area contributed by atoms with E-state index < -0.39 is 5.97 Å². The first-order valence-electron chi connectivity index (χ1n) is 7.33. The summed E-state index contributed by atoms with van der Waals surface area (Å²) < 4.78 is 5.26. The van der Waals surface area contributed by atoms with E-state index in [1.165, 1.54) is 25.7 Å². The number of ether oxygens (including phenoxy) is 1. The van der Waals surface area contributed by atoms with Gasteiger partial charge in [0.1, 0.15) is 5.75 Å². The third kappa shape index (κ3) is 3.06. The highest BCUT2D eigenvalue weighted by atomic mass is 16.5. The van der Waals surface area contributed by atoms with E-state index in [1.807, 2.05) is 6.07 Å². The molecule has 0 atom stereocenters. The summed E-state index contributed by atoms with van der Waals surface area (Å²) in [6.07, 6.45) is 5.09. The van der Waals surface area contributed by atoms with Crippen LogP contribution in [0.1, 0.15) is 36.0 Å². The largest absolute Gasteiger partial charge is 0.497 e.